The highest BCUT2D eigenvalue weighted by molar-refractivity contribution is 7.99. The van der Waals surface area contributed by atoms with Crippen LogP contribution in [0.5, 0.6) is 0 Å². The first-order valence-corrected chi connectivity index (χ1v) is 9.34. The van der Waals surface area contributed by atoms with Gasteiger partial charge in [0.05, 0.1) is 11.8 Å². The molecule has 0 aliphatic carbocycles. The molecule has 7 heteroatoms. The normalized spacial score (nSPS) is 13.0. The van der Waals surface area contributed by atoms with E-state index >= 15 is 0 Å². The summed E-state index contributed by atoms with van der Waals surface area (Å²) >= 11 is 1.29. The molecular formula is C19H23N5OS. The van der Waals surface area contributed by atoms with Crippen LogP contribution in [0.2, 0.25) is 0 Å². The Bertz CT molecular complexity index is 809. The zero-order valence-electron chi connectivity index (χ0n) is 15.3. The quantitative estimate of drug-likeness (QED) is 0.570. The second-order valence-electron chi connectivity index (χ2n) is 6.38. The van der Waals surface area contributed by atoms with E-state index in [-0.39, 0.29) is 17.6 Å². The molecule has 136 valence electrons. The van der Waals surface area contributed by atoms with Crippen LogP contribution in [0.1, 0.15) is 20.8 Å². The predicted octanol–water partition coefficient (Wildman–Crippen LogP) is 3.28. The number of amides is 1. The fourth-order valence-electron chi connectivity index (χ4n) is 2.25. The highest BCUT2D eigenvalue weighted by Gasteiger charge is 2.30. The van der Waals surface area contributed by atoms with Crippen LogP contribution in [0.25, 0.3) is 11.4 Å². The zero-order chi connectivity index (χ0) is 19.2. The van der Waals surface area contributed by atoms with E-state index in [1.165, 1.54) is 11.8 Å². The van der Waals surface area contributed by atoms with Gasteiger partial charge in [-0.15, -0.1) is 16.8 Å². The Morgan fingerprint density at radius 1 is 1.42 bits per heavy atom. The largest absolute Gasteiger partial charge is 0.337 e. The summed E-state index contributed by atoms with van der Waals surface area (Å²) in [5.74, 6) is 0.698. The molecule has 0 radical (unpaired) electrons. The summed E-state index contributed by atoms with van der Waals surface area (Å²) < 4.78 is 1.92. The number of carbonyl (C=O) groups excluding carboxylic acids is 1. The van der Waals surface area contributed by atoms with Crippen LogP contribution in [0.3, 0.4) is 0 Å². The SMILES string of the molecule is C=CCn1c(SCC(=O)N[C@](C)(C#N)C(C)C)nnc1-c1ccccc1. The summed E-state index contributed by atoms with van der Waals surface area (Å²) in [5.41, 5.74) is 0.0664. The topological polar surface area (TPSA) is 83.6 Å². The Morgan fingerprint density at radius 2 is 2.12 bits per heavy atom. The zero-order valence-corrected chi connectivity index (χ0v) is 16.1. The van der Waals surface area contributed by atoms with Gasteiger partial charge in [0.2, 0.25) is 5.91 Å². The van der Waals surface area contributed by atoms with Crippen LogP contribution in [0.4, 0.5) is 0 Å². The molecule has 0 saturated carbocycles. The van der Waals surface area contributed by atoms with E-state index in [4.69, 9.17) is 0 Å². The van der Waals surface area contributed by atoms with Crippen molar-refractivity contribution >= 4 is 17.7 Å². The van der Waals surface area contributed by atoms with Crippen molar-refractivity contribution in [2.45, 2.75) is 38.0 Å². The number of nitrogens with zero attached hydrogens (tertiary/aromatic N) is 4. The first-order valence-electron chi connectivity index (χ1n) is 8.36. The number of aromatic nitrogens is 3. The van der Waals surface area contributed by atoms with Crippen molar-refractivity contribution in [1.29, 1.82) is 5.26 Å². The van der Waals surface area contributed by atoms with E-state index < -0.39 is 5.54 Å². The van der Waals surface area contributed by atoms with Crippen LogP contribution in [-0.4, -0.2) is 32.0 Å². The molecule has 0 aliphatic rings. The van der Waals surface area contributed by atoms with Crippen molar-refractivity contribution in [2.24, 2.45) is 5.92 Å². The van der Waals surface area contributed by atoms with Gasteiger partial charge in [-0.25, -0.2) is 0 Å². The van der Waals surface area contributed by atoms with E-state index in [2.05, 4.69) is 28.2 Å². The van der Waals surface area contributed by atoms with E-state index in [1.807, 2.05) is 48.7 Å². The lowest BCUT2D eigenvalue weighted by Gasteiger charge is -2.27. The van der Waals surface area contributed by atoms with Gasteiger partial charge in [0.1, 0.15) is 5.54 Å². The number of carbonyl (C=O) groups is 1. The monoisotopic (exact) mass is 369 g/mol. The van der Waals surface area contributed by atoms with Gasteiger partial charge in [0.25, 0.3) is 0 Å². The van der Waals surface area contributed by atoms with Gasteiger partial charge in [-0.1, -0.05) is 62.0 Å². The molecule has 1 amide bonds. The molecule has 0 aliphatic heterocycles. The van der Waals surface area contributed by atoms with Crippen LogP contribution in [-0.2, 0) is 11.3 Å². The molecule has 2 aromatic rings. The van der Waals surface area contributed by atoms with Crippen LogP contribution >= 0.6 is 11.8 Å². The Kier molecular flexibility index (Phi) is 6.58. The highest BCUT2D eigenvalue weighted by Crippen LogP contribution is 2.24. The molecule has 26 heavy (non-hydrogen) atoms. The molecular weight excluding hydrogens is 346 g/mol. The van der Waals surface area contributed by atoms with Gasteiger partial charge >= 0.3 is 0 Å². The van der Waals surface area contributed by atoms with Crippen LogP contribution < -0.4 is 5.32 Å². The number of nitrogens with one attached hydrogen (secondary N) is 1. The Labute approximate surface area is 158 Å². The molecule has 1 atom stereocenters. The van der Waals surface area contributed by atoms with Gasteiger partial charge < -0.3 is 5.32 Å². The van der Waals surface area contributed by atoms with Crippen molar-refractivity contribution in [3.05, 3.63) is 43.0 Å². The number of nitriles is 1. The number of benzene rings is 1. The number of rotatable bonds is 8. The van der Waals surface area contributed by atoms with E-state index in [0.717, 1.165) is 11.4 Å². The second kappa shape index (κ2) is 8.68. The smallest absolute Gasteiger partial charge is 0.231 e. The minimum atomic E-state index is -0.887. The minimum Gasteiger partial charge on any atom is -0.337 e. The highest BCUT2D eigenvalue weighted by atomic mass is 32.2. The molecule has 1 N–H and O–H groups in total. The van der Waals surface area contributed by atoms with Gasteiger partial charge in [-0.2, -0.15) is 5.26 Å². The predicted molar refractivity (Wildman–Crippen MR) is 103 cm³/mol. The minimum absolute atomic E-state index is 0.00977. The average Bonchev–Trinajstić information content (AvgIpc) is 3.03. The molecule has 1 heterocycles. The maximum Gasteiger partial charge on any atom is 0.231 e. The third-order valence-corrected chi connectivity index (χ3v) is 5.15. The third kappa shape index (κ3) is 4.52. The van der Waals surface area contributed by atoms with Crippen molar-refractivity contribution in [1.82, 2.24) is 20.1 Å². The maximum atomic E-state index is 12.3. The Morgan fingerprint density at radius 3 is 2.69 bits per heavy atom. The number of thioether (sulfide) groups is 1. The molecule has 0 spiro atoms. The molecule has 0 bridgehead atoms. The summed E-state index contributed by atoms with van der Waals surface area (Å²) in [6.45, 7) is 9.87. The third-order valence-electron chi connectivity index (χ3n) is 4.18. The van der Waals surface area contributed by atoms with Crippen LogP contribution in [0.15, 0.2) is 48.1 Å². The molecule has 2 rings (SSSR count). The standard InChI is InChI=1S/C19H23N5OS/c1-5-11-24-17(15-9-7-6-8-10-15)22-23-18(24)26-12-16(25)21-19(4,13-20)14(2)3/h5-10,14H,1,11-12H2,2-4H3,(H,21,25)/t19-/m1/s1. The first-order chi connectivity index (χ1) is 12.4. The summed E-state index contributed by atoms with van der Waals surface area (Å²) in [6.07, 6.45) is 1.77. The number of hydrogen-bond acceptors (Lipinski definition) is 5. The van der Waals surface area contributed by atoms with Gasteiger partial charge in [-0.05, 0) is 12.8 Å². The molecule has 0 saturated heterocycles. The summed E-state index contributed by atoms with van der Waals surface area (Å²) in [7, 11) is 0. The van der Waals surface area contributed by atoms with Crippen molar-refractivity contribution in [2.75, 3.05) is 5.75 Å². The fraction of sp³-hybridized carbons (Fsp3) is 0.368. The maximum absolute atomic E-state index is 12.3. The van der Waals surface area contributed by atoms with Crippen LogP contribution in [0, 0.1) is 17.2 Å². The van der Waals surface area contributed by atoms with Crippen molar-refractivity contribution in [3.63, 3.8) is 0 Å². The van der Waals surface area contributed by atoms with Gasteiger partial charge in [0.15, 0.2) is 11.0 Å². The Hall–Kier alpha value is -2.59. The van der Waals surface area contributed by atoms with E-state index in [0.29, 0.717) is 11.7 Å². The summed E-state index contributed by atoms with van der Waals surface area (Å²) in [5, 5.41) is 21.2. The summed E-state index contributed by atoms with van der Waals surface area (Å²) in [6, 6.07) is 11.9. The fourth-order valence-corrected chi connectivity index (χ4v) is 2.99. The average molecular weight is 369 g/mol. The lowest BCUT2D eigenvalue weighted by Crippen LogP contribution is -2.49. The van der Waals surface area contributed by atoms with Gasteiger partial charge in [0, 0.05) is 12.1 Å². The first kappa shape index (κ1) is 19.7. The molecule has 0 fully saturated rings. The molecule has 0 unspecified atom stereocenters. The summed E-state index contributed by atoms with van der Waals surface area (Å²) in [4.78, 5) is 12.3. The lowest BCUT2D eigenvalue weighted by molar-refractivity contribution is -0.120. The lowest BCUT2D eigenvalue weighted by atomic mass is 9.90. The molecule has 1 aromatic heterocycles. The number of hydrogen-bond donors (Lipinski definition) is 1. The molecule has 1 aromatic carbocycles. The second-order valence-corrected chi connectivity index (χ2v) is 7.32. The van der Waals surface area contributed by atoms with Gasteiger partial charge in [-0.3, -0.25) is 9.36 Å². The van der Waals surface area contributed by atoms with Crippen molar-refractivity contribution in [3.8, 4) is 17.5 Å². The number of allylic oxidation sites excluding steroid dienone is 1. The Balaban J connectivity index is 2.13. The van der Waals surface area contributed by atoms with E-state index in [9.17, 15) is 10.1 Å². The van der Waals surface area contributed by atoms with E-state index in [1.54, 1.807) is 13.0 Å². The van der Waals surface area contributed by atoms with Crippen molar-refractivity contribution < 1.29 is 4.79 Å². The molecule has 6 nitrogen and oxygen atoms in total.